The average Bonchev–Trinajstić information content (AvgIpc) is 2.69. The number of amides is 1. The molecule has 1 N–H and O–H groups in total. The molecule has 0 spiro atoms. The second-order valence-corrected chi connectivity index (χ2v) is 7.11. The van der Waals surface area contributed by atoms with Crippen molar-refractivity contribution in [3.63, 3.8) is 0 Å². The highest BCUT2D eigenvalue weighted by molar-refractivity contribution is 5.93. The van der Waals surface area contributed by atoms with Crippen molar-refractivity contribution in [1.82, 2.24) is 4.98 Å². The van der Waals surface area contributed by atoms with Crippen molar-refractivity contribution < 1.29 is 23.8 Å². The number of pyridine rings is 1. The highest BCUT2D eigenvalue weighted by Crippen LogP contribution is 2.28. The summed E-state index contributed by atoms with van der Waals surface area (Å²) in [5.74, 6) is 0.0857. The molecule has 1 aromatic heterocycles. The number of benzene rings is 1. The van der Waals surface area contributed by atoms with Crippen LogP contribution in [0.3, 0.4) is 0 Å². The normalized spacial score (nSPS) is 11.2. The van der Waals surface area contributed by atoms with Crippen LogP contribution in [-0.2, 0) is 14.3 Å². The predicted molar refractivity (Wildman–Crippen MR) is 114 cm³/mol. The van der Waals surface area contributed by atoms with Crippen LogP contribution < -0.4 is 10.1 Å². The number of nitrogens with one attached hydrogen (secondary N) is 1. The first kappa shape index (κ1) is 23.2. The zero-order valence-electron chi connectivity index (χ0n) is 17.7. The minimum atomic E-state index is -0.757. The van der Waals surface area contributed by atoms with Crippen LogP contribution in [0.2, 0.25) is 0 Å². The van der Waals surface area contributed by atoms with Crippen LogP contribution in [0, 0.1) is 0 Å². The Balaban J connectivity index is 2.19. The summed E-state index contributed by atoms with van der Waals surface area (Å²) in [6.45, 7) is 7.11. The number of esters is 1. The zero-order chi connectivity index (χ0) is 22.9. The molecule has 0 saturated heterocycles. The molecule has 0 atom stereocenters. The fourth-order valence-corrected chi connectivity index (χ4v) is 2.28. The van der Waals surface area contributed by atoms with E-state index in [1.54, 1.807) is 58.0 Å². The lowest BCUT2D eigenvalue weighted by molar-refractivity contribution is -0.138. The van der Waals surface area contributed by atoms with E-state index in [0.717, 1.165) is 0 Å². The number of carbonyl (C=O) groups is 2. The Labute approximate surface area is 179 Å². The van der Waals surface area contributed by atoms with Crippen LogP contribution in [0.1, 0.15) is 33.3 Å². The molecular formula is C21H23N5O5. The Hall–Kier alpha value is -4.04. The summed E-state index contributed by atoms with van der Waals surface area (Å²) in [6.07, 6.45) is 3.74. The van der Waals surface area contributed by atoms with Gasteiger partial charge in [0.1, 0.15) is 22.8 Å². The Morgan fingerprint density at radius 3 is 2.55 bits per heavy atom. The van der Waals surface area contributed by atoms with Crippen molar-refractivity contribution in [2.45, 2.75) is 33.3 Å². The van der Waals surface area contributed by atoms with Crippen molar-refractivity contribution in [3.05, 3.63) is 64.4 Å². The highest BCUT2D eigenvalue weighted by atomic mass is 16.6. The van der Waals surface area contributed by atoms with E-state index in [1.165, 1.54) is 18.5 Å². The van der Waals surface area contributed by atoms with Crippen LogP contribution in [0.25, 0.3) is 16.5 Å². The average molecular weight is 425 g/mol. The maximum atomic E-state index is 12.0. The van der Waals surface area contributed by atoms with Gasteiger partial charge in [0.25, 0.3) is 0 Å². The molecule has 162 valence electrons. The van der Waals surface area contributed by atoms with Gasteiger partial charge in [-0.25, -0.2) is 9.59 Å². The van der Waals surface area contributed by atoms with E-state index in [9.17, 15) is 9.59 Å². The quantitative estimate of drug-likeness (QED) is 0.206. The maximum Gasteiger partial charge on any atom is 0.412 e. The molecule has 2 rings (SSSR count). The van der Waals surface area contributed by atoms with Gasteiger partial charge in [0.2, 0.25) is 0 Å². The Bertz CT molecular complexity index is 1010. The number of hydrogen-bond donors (Lipinski definition) is 1. The van der Waals surface area contributed by atoms with E-state index in [0.29, 0.717) is 22.7 Å². The maximum absolute atomic E-state index is 12.0. The van der Waals surface area contributed by atoms with Gasteiger partial charge in [-0.1, -0.05) is 5.11 Å². The SMILES string of the molecule is CCOC(=O)/C(=C/c1cnccc1Oc1ccc(NC(=O)OC(C)(C)C)cc1)N=[N+]=[N-]. The molecule has 0 bridgehead atoms. The van der Waals surface area contributed by atoms with Gasteiger partial charge in [-0.15, -0.1) is 0 Å². The Kier molecular flexibility index (Phi) is 7.99. The van der Waals surface area contributed by atoms with Crippen molar-refractivity contribution in [3.8, 4) is 11.5 Å². The lowest BCUT2D eigenvalue weighted by Gasteiger charge is -2.19. The molecule has 0 aliphatic carbocycles. The molecule has 0 fully saturated rings. The molecule has 10 heteroatoms. The molecule has 1 amide bonds. The van der Waals surface area contributed by atoms with Gasteiger partial charge >= 0.3 is 12.1 Å². The molecule has 0 unspecified atom stereocenters. The van der Waals surface area contributed by atoms with Crippen molar-refractivity contribution >= 4 is 23.8 Å². The first-order valence-corrected chi connectivity index (χ1v) is 9.37. The largest absolute Gasteiger partial charge is 0.462 e. The van der Waals surface area contributed by atoms with Crippen molar-refractivity contribution in [2.75, 3.05) is 11.9 Å². The smallest absolute Gasteiger partial charge is 0.412 e. The zero-order valence-corrected chi connectivity index (χ0v) is 17.7. The van der Waals surface area contributed by atoms with Crippen molar-refractivity contribution in [1.29, 1.82) is 0 Å². The summed E-state index contributed by atoms with van der Waals surface area (Å²) in [5, 5.41) is 6.01. The summed E-state index contributed by atoms with van der Waals surface area (Å²) in [6, 6.07) is 8.21. The van der Waals surface area contributed by atoms with Gasteiger partial charge in [0, 0.05) is 28.6 Å². The van der Waals surface area contributed by atoms with Gasteiger partial charge in [-0.2, -0.15) is 0 Å². The fraction of sp³-hybridized carbons (Fsp3) is 0.286. The van der Waals surface area contributed by atoms with Crippen molar-refractivity contribution in [2.24, 2.45) is 5.11 Å². The van der Waals surface area contributed by atoms with Gasteiger partial charge in [-0.3, -0.25) is 10.3 Å². The number of rotatable bonds is 7. The van der Waals surface area contributed by atoms with Crippen LogP contribution in [-0.4, -0.2) is 29.3 Å². The number of nitrogens with zero attached hydrogens (tertiary/aromatic N) is 4. The molecule has 31 heavy (non-hydrogen) atoms. The number of azide groups is 1. The number of aromatic nitrogens is 1. The number of anilines is 1. The first-order chi connectivity index (χ1) is 14.7. The third-order valence-corrected chi connectivity index (χ3v) is 3.47. The molecule has 0 saturated carbocycles. The topological polar surface area (TPSA) is 136 Å². The Morgan fingerprint density at radius 1 is 1.23 bits per heavy atom. The van der Waals surface area contributed by atoms with E-state index in [2.05, 4.69) is 20.3 Å². The lowest BCUT2D eigenvalue weighted by atomic mass is 10.2. The van der Waals surface area contributed by atoms with E-state index < -0.39 is 17.7 Å². The van der Waals surface area contributed by atoms with Crippen LogP contribution in [0.5, 0.6) is 11.5 Å². The van der Waals surface area contributed by atoms with E-state index in [4.69, 9.17) is 19.7 Å². The number of ether oxygens (including phenoxy) is 3. The summed E-state index contributed by atoms with van der Waals surface area (Å²) >= 11 is 0. The second-order valence-electron chi connectivity index (χ2n) is 7.11. The molecule has 10 nitrogen and oxygen atoms in total. The molecule has 0 aliphatic rings. The second kappa shape index (κ2) is 10.7. The molecule has 2 aromatic rings. The molecule has 0 aliphatic heterocycles. The van der Waals surface area contributed by atoms with Gasteiger partial charge in [-0.05, 0) is 69.6 Å². The molecule has 0 radical (unpaired) electrons. The molecule has 1 heterocycles. The van der Waals surface area contributed by atoms with Crippen LogP contribution in [0.15, 0.2) is 53.5 Å². The minimum Gasteiger partial charge on any atom is -0.462 e. The fourth-order valence-electron chi connectivity index (χ4n) is 2.28. The summed E-state index contributed by atoms with van der Waals surface area (Å²) in [4.78, 5) is 30.5. The number of carbonyl (C=O) groups excluding carboxylic acids is 2. The molecular weight excluding hydrogens is 402 g/mol. The molecule has 1 aromatic carbocycles. The monoisotopic (exact) mass is 425 g/mol. The van der Waals surface area contributed by atoms with E-state index in [1.807, 2.05) is 0 Å². The van der Waals surface area contributed by atoms with E-state index in [-0.39, 0.29) is 12.3 Å². The standard InChI is InChI=1S/C21H23N5O5/c1-5-29-19(27)17(25-26-22)12-14-13-23-11-10-18(14)30-16-8-6-15(7-9-16)24-20(28)31-21(2,3)4/h6-13H,5H2,1-4H3,(H,24,28)/b17-12-. The third kappa shape index (κ3) is 7.71. The van der Waals surface area contributed by atoms with Gasteiger partial charge in [0.05, 0.1) is 6.61 Å². The number of hydrogen-bond acceptors (Lipinski definition) is 7. The predicted octanol–water partition coefficient (Wildman–Crippen LogP) is 5.44. The minimum absolute atomic E-state index is 0.136. The van der Waals surface area contributed by atoms with Crippen LogP contribution >= 0.6 is 0 Å². The lowest BCUT2D eigenvalue weighted by Crippen LogP contribution is -2.27. The third-order valence-electron chi connectivity index (χ3n) is 3.47. The first-order valence-electron chi connectivity index (χ1n) is 9.37. The van der Waals surface area contributed by atoms with Gasteiger partial charge in [0.15, 0.2) is 0 Å². The Morgan fingerprint density at radius 2 is 1.94 bits per heavy atom. The summed E-state index contributed by atoms with van der Waals surface area (Å²) < 4.78 is 15.9. The van der Waals surface area contributed by atoms with Gasteiger partial charge < -0.3 is 14.2 Å². The summed E-state index contributed by atoms with van der Waals surface area (Å²) in [5.41, 5.74) is 8.83. The van der Waals surface area contributed by atoms with Crippen LogP contribution in [0.4, 0.5) is 10.5 Å². The highest BCUT2D eigenvalue weighted by Gasteiger charge is 2.16. The van der Waals surface area contributed by atoms with E-state index >= 15 is 0 Å². The summed E-state index contributed by atoms with van der Waals surface area (Å²) in [7, 11) is 0.